The first kappa shape index (κ1) is 16.8. The lowest BCUT2D eigenvalue weighted by molar-refractivity contribution is 0.0753. The van der Waals surface area contributed by atoms with Crippen LogP contribution < -0.4 is 10.5 Å². The molecule has 1 rings (SSSR count). The van der Waals surface area contributed by atoms with E-state index in [0.29, 0.717) is 24.4 Å². The van der Waals surface area contributed by atoms with Crippen LogP contribution in [0.5, 0.6) is 5.75 Å². The SMILES string of the molecule is CCN(CC(C)C(N)=NO)C(=O)c1ccc(C)c(OC)c1. The molecule has 0 spiro atoms. The second kappa shape index (κ2) is 7.52. The number of methoxy groups -OCH3 is 1. The average Bonchev–Trinajstić information content (AvgIpc) is 2.51. The zero-order valence-corrected chi connectivity index (χ0v) is 13.0. The molecule has 1 amide bonds. The third-order valence-corrected chi connectivity index (χ3v) is 3.44. The van der Waals surface area contributed by atoms with Crippen molar-refractivity contribution in [2.75, 3.05) is 20.2 Å². The van der Waals surface area contributed by atoms with Gasteiger partial charge in [-0.3, -0.25) is 4.79 Å². The van der Waals surface area contributed by atoms with E-state index in [0.717, 1.165) is 5.56 Å². The number of carbonyl (C=O) groups excluding carboxylic acids is 1. The van der Waals surface area contributed by atoms with Crippen molar-refractivity contribution in [2.45, 2.75) is 20.8 Å². The summed E-state index contributed by atoms with van der Waals surface area (Å²) >= 11 is 0. The first-order valence-electron chi connectivity index (χ1n) is 6.85. The Morgan fingerprint density at radius 2 is 2.19 bits per heavy atom. The van der Waals surface area contributed by atoms with Gasteiger partial charge in [0.1, 0.15) is 11.6 Å². The van der Waals surface area contributed by atoms with Gasteiger partial charge in [0.25, 0.3) is 5.91 Å². The van der Waals surface area contributed by atoms with Crippen LogP contribution >= 0.6 is 0 Å². The van der Waals surface area contributed by atoms with E-state index in [1.807, 2.05) is 19.9 Å². The van der Waals surface area contributed by atoms with Crippen molar-refractivity contribution in [3.8, 4) is 5.75 Å². The second-order valence-corrected chi connectivity index (χ2v) is 4.95. The van der Waals surface area contributed by atoms with Crippen molar-refractivity contribution in [3.05, 3.63) is 29.3 Å². The molecule has 0 aromatic heterocycles. The maximum atomic E-state index is 12.5. The first-order valence-corrected chi connectivity index (χ1v) is 6.85. The summed E-state index contributed by atoms with van der Waals surface area (Å²) in [6.45, 7) is 6.55. The molecule has 1 aromatic carbocycles. The number of aryl methyl sites for hydroxylation is 1. The monoisotopic (exact) mass is 293 g/mol. The number of nitrogens with zero attached hydrogens (tertiary/aromatic N) is 2. The summed E-state index contributed by atoms with van der Waals surface area (Å²) in [6.07, 6.45) is 0. The third-order valence-electron chi connectivity index (χ3n) is 3.44. The number of oxime groups is 1. The van der Waals surface area contributed by atoms with Gasteiger partial charge in [-0.2, -0.15) is 0 Å². The van der Waals surface area contributed by atoms with Crippen LogP contribution in [-0.4, -0.2) is 42.0 Å². The minimum Gasteiger partial charge on any atom is -0.496 e. The van der Waals surface area contributed by atoms with E-state index in [1.54, 1.807) is 31.1 Å². The van der Waals surface area contributed by atoms with Crippen LogP contribution in [0.4, 0.5) is 0 Å². The van der Waals surface area contributed by atoms with Crippen LogP contribution in [0.1, 0.15) is 29.8 Å². The van der Waals surface area contributed by atoms with Gasteiger partial charge in [-0.05, 0) is 31.5 Å². The molecular weight excluding hydrogens is 270 g/mol. The van der Waals surface area contributed by atoms with Crippen LogP contribution in [0.15, 0.2) is 23.4 Å². The highest BCUT2D eigenvalue weighted by Gasteiger charge is 2.19. The van der Waals surface area contributed by atoms with Crippen LogP contribution in [0.3, 0.4) is 0 Å². The molecule has 0 fully saturated rings. The second-order valence-electron chi connectivity index (χ2n) is 4.95. The fraction of sp³-hybridized carbons (Fsp3) is 0.467. The van der Waals surface area contributed by atoms with Crippen molar-refractivity contribution in [3.63, 3.8) is 0 Å². The van der Waals surface area contributed by atoms with Crippen LogP contribution in [-0.2, 0) is 0 Å². The molecule has 6 nitrogen and oxygen atoms in total. The van der Waals surface area contributed by atoms with Gasteiger partial charge in [-0.25, -0.2) is 0 Å². The summed E-state index contributed by atoms with van der Waals surface area (Å²) in [7, 11) is 1.58. The van der Waals surface area contributed by atoms with Crippen LogP contribution in [0.25, 0.3) is 0 Å². The zero-order chi connectivity index (χ0) is 16.0. The average molecular weight is 293 g/mol. The fourth-order valence-corrected chi connectivity index (χ4v) is 2.01. The molecule has 0 aliphatic heterocycles. The van der Waals surface area contributed by atoms with Crippen LogP contribution in [0, 0.1) is 12.8 Å². The minimum atomic E-state index is -0.216. The van der Waals surface area contributed by atoms with Gasteiger partial charge in [0.2, 0.25) is 0 Å². The summed E-state index contributed by atoms with van der Waals surface area (Å²) in [6, 6.07) is 5.36. The number of amidine groups is 1. The van der Waals surface area contributed by atoms with Crippen molar-refractivity contribution < 1.29 is 14.7 Å². The Labute approximate surface area is 125 Å². The normalized spacial score (nSPS) is 12.9. The Kier molecular flexibility index (Phi) is 6.02. The van der Waals surface area contributed by atoms with Gasteiger partial charge in [-0.15, -0.1) is 0 Å². The Morgan fingerprint density at radius 1 is 1.52 bits per heavy atom. The number of hydrogen-bond acceptors (Lipinski definition) is 4. The van der Waals surface area contributed by atoms with E-state index in [2.05, 4.69) is 5.16 Å². The van der Waals surface area contributed by atoms with Gasteiger partial charge >= 0.3 is 0 Å². The number of hydrogen-bond donors (Lipinski definition) is 2. The first-order chi connectivity index (χ1) is 9.94. The fourth-order valence-electron chi connectivity index (χ4n) is 2.01. The van der Waals surface area contributed by atoms with Crippen molar-refractivity contribution in [2.24, 2.45) is 16.8 Å². The Hall–Kier alpha value is -2.24. The van der Waals surface area contributed by atoms with Crippen LogP contribution in [0.2, 0.25) is 0 Å². The van der Waals surface area contributed by atoms with Crippen molar-refractivity contribution in [1.29, 1.82) is 0 Å². The van der Waals surface area contributed by atoms with Crippen molar-refractivity contribution in [1.82, 2.24) is 4.90 Å². The molecule has 6 heteroatoms. The molecule has 1 unspecified atom stereocenters. The molecule has 0 bridgehead atoms. The topological polar surface area (TPSA) is 88.1 Å². The summed E-state index contributed by atoms with van der Waals surface area (Å²) in [4.78, 5) is 14.2. The largest absolute Gasteiger partial charge is 0.496 e. The molecule has 0 saturated heterocycles. The van der Waals surface area contributed by atoms with Gasteiger partial charge in [0.15, 0.2) is 0 Å². The summed E-state index contributed by atoms with van der Waals surface area (Å²) in [5, 5.41) is 11.7. The highest BCUT2D eigenvalue weighted by molar-refractivity contribution is 5.95. The molecule has 1 atom stereocenters. The number of rotatable bonds is 6. The van der Waals surface area contributed by atoms with E-state index in [9.17, 15) is 4.79 Å². The predicted octanol–water partition coefficient (Wildman–Crippen LogP) is 1.85. The molecule has 0 radical (unpaired) electrons. The Morgan fingerprint density at radius 3 is 2.71 bits per heavy atom. The van der Waals surface area contributed by atoms with Crippen molar-refractivity contribution >= 4 is 11.7 Å². The van der Waals surface area contributed by atoms with Gasteiger partial charge < -0.3 is 20.6 Å². The number of carbonyl (C=O) groups is 1. The van der Waals surface area contributed by atoms with Gasteiger partial charge in [0.05, 0.1) is 7.11 Å². The molecule has 21 heavy (non-hydrogen) atoms. The number of amides is 1. The standard InChI is InChI=1S/C15H23N3O3/c1-5-18(9-11(3)14(16)17-20)15(19)12-7-6-10(2)13(8-12)21-4/h6-8,11,20H,5,9H2,1-4H3,(H2,16,17). The maximum absolute atomic E-state index is 12.5. The summed E-state index contributed by atoms with van der Waals surface area (Å²) < 4.78 is 5.24. The molecule has 116 valence electrons. The Balaban J connectivity index is 2.93. The highest BCUT2D eigenvalue weighted by atomic mass is 16.5. The summed E-state index contributed by atoms with van der Waals surface area (Å²) in [5.74, 6) is 0.476. The zero-order valence-electron chi connectivity index (χ0n) is 13.0. The minimum absolute atomic E-state index is 0.103. The predicted molar refractivity (Wildman–Crippen MR) is 81.9 cm³/mol. The Bertz CT molecular complexity index is 529. The highest BCUT2D eigenvalue weighted by Crippen LogP contribution is 2.20. The molecule has 3 N–H and O–H groups in total. The van der Waals surface area contributed by atoms with E-state index in [-0.39, 0.29) is 17.7 Å². The summed E-state index contributed by atoms with van der Waals surface area (Å²) in [5.41, 5.74) is 7.10. The van der Waals surface area contributed by atoms with E-state index < -0.39 is 0 Å². The molecule has 0 heterocycles. The molecular formula is C15H23N3O3. The van der Waals surface area contributed by atoms with E-state index in [1.165, 1.54) is 0 Å². The lowest BCUT2D eigenvalue weighted by atomic mass is 10.1. The molecule has 0 aliphatic rings. The quantitative estimate of drug-likeness (QED) is 0.362. The van der Waals surface area contributed by atoms with Gasteiger partial charge in [-0.1, -0.05) is 18.1 Å². The lowest BCUT2D eigenvalue weighted by Gasteiger charge is -2.24. The number of nitrogens with two attached hydrogens (primary N) is 1. The molecule has 1 aromatic rings. The van der Waals surface area contributed by atoms with E-state index in [4.69, 9.17) is 15.7 Å². The smallest absolute Gasteiger partial charge is 0.254 e. The maximum Gasteiger partial charge on any atom is 0.254 e. The molecule has 0 saturated carbocycles. The van der Waals surface area contributed by atoms with Gasteiger partial charge in [0, 0.05) is 24.6 Å². The van der Waals surface area contributed by atoms with E-state index >= 15 is 0 Å². The number of benzene rings is 1. The number of ether oxygens (including phenoxy) is 1. The lowest BCUT2D eigenvalue weighted by Crippen LogP contribution is -2.38. The molecule has 0 aliphatic carbocycles. The third kappa shape index (κ3) is 4.11.